The van der Waals surface area contributed by atoms with Gasteiger partial charge in [0.1, 0.15) is 0 Å². The lowest BCUT2D eigenvalue weighted by Gasteiger charge is -2.16. The molecule has 0 aromatic carbocycles. The summed E-state index contributed by atoms with van der Waals surface area (Å²) < 4.78 is 0. The van der Waals surface area contributed by atoms with Gasteiger partial charge in [-0.2, -0.15) is 11.8 Å². The average Bonchev–Trinajstić information content (AvgIpc) is 2.13. The van der Waals surface area contributed by atoms with Gasteiger partial charge in [0, 0.05) is 13.1 Å². The first-order valence-electron chi connectivity index (χ1n) is 5.19. The smallest absolute Gasteiger partial charge is 0.0104 e. The predicted molar refractivity (Wildman–Crippen MR) is 63.7 cm³/mol. The molecule has 0 saturated carbocycles. The molecule has 0 rings (SSSR count). The fourth-order valence-corrected chi connectivity index (χ4v) is 1.58. The zero-order valence-electron chi connectivity index (χ0n) is 9.31. The summed E-state index contributed by atoms with van der Waals surface area (Å²) in [4.78, 5) is 2.40. The van der Waals surface area contributed by atoms with Gasteiger partial charge in [0.2, 0.25) is 0 Å². The minimum atomic E-state index is 1.13. The van der Waals surface area contributed by atoms with Crippen LogP contribution in [0.4, 0.5) is 0 Å². The molecule has 0 saturated heterocycles. The normalized spacial score (nSPS) is 11.1. The summed E-state index contributed by atoms with van der Waals surface area (Å²) in [5, 5.41) is 3.41. The third kappa shape index (κ3) is 10.2. The van der Waals surface area contributed by atoms with Crippen molar-refractivity contribution in [2.45, 2.75) is 19.8 Å². The van der Waals surface area contributed by atoms with Gasteiger partial charge >= 0.3 is 0 Å². The van der Waals surface area contributed by atoms with Crippen molar-refractivity contribution in [2.75, 3.05) is 45.2 Å². The van der Waals surface area contributed by atoms with Crippen LogP contribution in [0.2, 0.25) is 0 Å². The molecule has 0 aliphatic rings. The Morgan fingerprint density at radius 1 is 1.23 bits per heavy atom. The van der Waals surface area contributed by atoms with E-state index in [1.165, 1.54) is 31.7 Å². The summed E-state index contributed by atoms with van der Waals surface area (Å²) >= 11 is 1.93. The summed E-state index contributed by atoms with van der Waals surface area (Å²) in [5.74, 6) is 1.28. The molecule has 0 aromatic heterocycles. The Bertz CT molecular complexity index is 98.9. The molecular formula is C10H24N2S. The van der Waals surface area contributed by atoms with Crippen LogP contribution in [0.15, 0.2) is 0 Å². The van der Waals surface area contributed by atoms with Crippen LogP contribution in [0.1, 0.15) is 19.8 Å². The highest BCUT2D eigenvalue weighted by Crippen LogP contribution is 1.96. The second kappa shape index (κ2) is 10.4. The summed E-state index contributed by atoms with van der Waals surface area (Å²) in [6.07, 6.45) is 4.71. The molecular weight excluding hydrogens is 180 g/mol. The van der Waals surface area contributed by atoms with Crippen LogP contribution in [0.5, 0.6) is 0 Å². The van der Waals surface area contributed by atoms with Gasteiger partial charge in [-0.15, -0.1) is 0 Å². The molecule has 80 valence electrons. The van der Waals surface area contributed by atoms with Gasteiger partial charge in [0.05, 0.1) is 0 Å². The lowest BCUT2D eigenvalue weighted by atomic mass is 10.4. The number of nitrogens with zero attached hydrogens (tertiary/aromatic N) is 1. The van der Waals surface area contributed by atoms with Crippen LogP contribution in [0.3, 0.4) is 0 Å². The molecule has 0 aromatic rings. The molecule has 1 N–H and O–H groups in total. The van der Waals surface area contributed by atoms with Crippen molar-refractivity contribution in [2.24, 2.45) is 0 Å². The summed E-state index contributed by atoms with van der Waals surface area (Å²) in [6.45, 7) is 6.89. The molecule has 3 heteroatoms. The molecule has 0 bridgehead atoms. The molecule has 13 heavy (non-hydrogen) atoms. The molecule has 0 amide bonds. The first-order valence-corrected chi connectivity index (χ1v) is 6.58. The molecule has 0 unspecified atom stereocenters. The van der Waals surface area contributed by atoms with E-state index in [0.717, 1.165) is 13.1 Å². The Morgan fingerprint density at radius 2 is 2.00 bits per heavy atom. The number of rotatable bonds is 9. The highest BCUT2D eigenvalue weighted by molar-refractivity contribution is 7.98. The van der Waals surface area contributed by atoms with Crippen molar-refractivity contribution in [1.29, 1.82) is 0 Å². The highest BCUT2D eigenvalue weighted by Gasteiger charge is 1.96. The Kier molecular flexibility index (Phi) is 10.6. The van der Waals surface area contributed by atoms with Gasteiger partial charge in [-0.25, -0.2) is 0 Å². The Morgan fingerprint density at radius 3 is 2.62 bits per heavy atom. The fraction of sp³-hybridized carbons (Fsp3) is 1.00. The van der Waals surface area contributed by atoms with Gasteiger partial charge in [0.25, 0.3) is 0 Å². The van der Waals surface area contributed by atoms with E-state index in [9.17, 15) is 0 Å². The number of likely N-dealkylation sites (N-methyl/N-ethyl adjacent to an activating group) is 1. The van der Waals surface area contributed by atoms with Crippen LogP contribution >= 0.6 is 11.8 Å². The molecule has 0 radical (unpaired) electrons. The number of thioether (sulfide) groups is 1. The van der Waals surface area contributed by atoms with E-state index in [1.54, 1.807) is 0 Å². The van der Waals surface area contributed by atoms with Crippen LogP contribution < -0.4 is 5.32 Å². The zero-order valence-corrected chi connectivity index (χ0v) is 10.1. The maximum absolute atomic E-state index is 3.41. The molecule has 0 heterocycles. The lowest BCUT2D eigenvalue weighted by Crippen LogP contribution is -2.30. The van der Waals surface area contributed by atoms with Crippen LogP contribution in [-0.2, 0) is 0 Å². The van der Waals surface area contributed by atoms with Crippen LogP contribution in [0, 0.1) is 0 Å². The van der Waals surface area contributed by atoms with Crippen molar-refractivity contribution in [3.8, 4) is 0 Å². The third-order valence-electron chi connectivity index (χ3n) is 1.99. The molecule has 0 atom stereocenters. The molecule has 2 nitrogen and oxygen atoms in total. The second-order valence-electron chi connectivity index (χ2n) is 3.40. The second-order valence-corrected chi connectivity index (χ2v) is 4.39. The van der Waals surface area contributed by atoms with Crippen molar-refractivity contribution in [3.63, 3.8) is 0 Å². The van der Waals surface area contributed by atoms with Crippen LogP contribution in [0.25, 0.3) is 0 Å². The first-order chi connectivity index (χ1) is 6.31. The summed E-state index contributed by atoms with van der Waals surface area (Å²) in [6, 6.07) is 0. The topological polar surface area (TPSA) is 15.3 Å². The van der Waals surface area contributed by atoms with E-state index in [4.69, 9.17) is 0 Å². The van der Waals surface area contributed by atoms with E-state index in [1.807, 2.05) is 11.8 Å². The minimum absolute atomic E-state index is 1.13. The minimum Gasteiger partial charge on any atom is -0.315 e. The largest absolute Gasteiger partial charge is 0.315 e. The lowest BCUT2D eigenvalue weighted by molar-refractivity contribution is 0.333. The molecule has 0 aliphatic heterocycles. The number of hydrogen-bond donors (Lipinski definition) is 1. The van der Waals surface area contributed by atoms with Gasteiger partial charge in [0.15, 0.2) is 0 Å². The van der Waals surface area contributed by atoms with E-state index in [0.29, 0.717) is 0 Å². The highest BCUT2D eigenvalue weighted by atomic mass is 32.2. The maximum atomic E-state index is 3.41. The summed E-state index contributed by atoms with van der Waals surface area (Å²) in [5.41, 5.74) is 0. The monoisotopic (exact) mass is 204 g/mol. The van der Waals surface area contributed by atoms with E-state index in [2.05, 4.69) is 30.4 Å². The summed E-state index contributed by atoms with van der Waals surface area (Å²) in [7, 11) is 2.20. The average molecular weight is 204 g/mol. The van der Waals surface area contributed by atoms with Crippen molar-refractivity contribution in [3.05, 3.63) is 0 Å². The SMILES string of the molecule is CCCNCCN(C)CCCSC. The van der Waals surface area contributed by atoms with Gasteiger partial charge < -0.3 is 10.2 Å². The Labute approximate surface area is 87.5 Å². The van der Waals surface area contributed by atoms with Gasteiger partial charge in [-0.05, 0) is 45.0 Å². The van der Waals surface area contributed by atoms with Crippen molar-refractivity contribution < 1.29 is 0 Å². The quantitative estimate of drug-likeness (QED) is 0.575. The Hall–Kier alpha value is 0.270. The van der Waals surface area contributed by atoms with Gasteiger partial charge in [-0.1, -0.05) is 6.92 Å². The number of hydrogen-bond acceptors (Lipinski definition) is 3. The predicted octanol–water partition coefficient (Wildman–Crippen LogP) is 1.67. The zero-order chi connectivity index (χ0) is 9.94. The molecule has 0 spiro atoms. The maximum Gasteiger partial charge on any atom is 0.0104 e. The molecule has 0 fully saturated rings. The van der Waals surface area contributed by atoms with Gasteiger partial charge in [-0.3, -0.25) is 0 Å². The van der Waals surface area contributed by atoms with E-state index >= 15 is 0 Å². The van der Waals surface area contributed by atoms with Crippen molar-refractivity contribution >= 4 is 11.8 Å². The standard InChI is InChI=1S/C10H24N2S/c1-4-6-11-7-9-12(2)8-5-10-13-3/h11H,4-10H2,1-3H3. The van der Waals surface area contributed by atoms with Crippen LogP contribution in [-0.4, -0.2) is 50.1 Å². The number of nitrogens with one attached hydrogen (secondary N) is 1. The Balaban J connectivity index is 3.05. The first kappa shape index (κ1) is 13.3. The molecule has 0 aliphatic carbocycles. The van der Waals surface area contributed by atoms with Crippen molar-refractivity contribution in [1.82, 2.24) is 10.2 Å². The fourth-order valence-electron chi connectivity index (χ4n) is 1.16. The third-order valence-corrected chi connectivity index (χ3v) is 2.68. The van der Waals surface area contributed by atoms with E-state index < -0.39 is 0 Å². The van der Waals surface area contributed by atoms with E-state index in [-0.39, 0.29) is 0 Å².